The molecule has 2 N–H and O–H groups in total. The number of fused-ring (bicyclic) bond motifs is 2. The molecule has 0 aromatic heterocycles. The first-order valence-electron chi connectivity index (χ1n) is 23.3. The van der Waals surface area contributed by atoms with Crippen molar-refractivity contribution in [2.24, 2.45) is 10.8 Å². The smallest absolute Gasteiger partial charge is 0.311 e. The number of nitrogens with zero attached hydrogens (tertiary/aromatic N) is 2. The molecule has 22 heteroatoms. The van der Waals surface area contributed by atoms with Crippen LogP contribution < -0.4 is 18.1 Å². The summed E-state index contributed by atoms with van der Waals surface area (Å²) in [7, 11) is -5.57. The standard InChI is InChI=1S/2C27H26ClF2NO6S/c2*1-16-5-4-6-20(9-16)38(34,35)31-14-19(13-27(2,15-36-3)26(32)33)37-24-8-7-17(10-23(24)31)21-11-18(29)12-22(28)25(21)30/h2*4-12,19H,13-15H2,1-3H3,(H,32,33)/t19-,27+;19-,27-/m00/s1. The van der Waals surface area contributed by atoms with Gasteiger partial charge >= 0.3 is 11.9 Å². The number of carbonyl (C=O) groups is 2. The Bertz CT molecular complexity index is 3220. The molecule has 0 bridgehead atoms. The van der Waals surface area contributed by atoms with Crippen molar-refractivity contribution in [2.45, 2.75) is 62.5 Å². The molecule has 0 saturated heterocycles. The number of methoxy groups -OCH3 is 2. The van der Waals surface area contributed by atoms with Crippen LogP contribution in [0.4, 0.5) is 28.9 Å². The van der Waals surface area contributed by atoms with Gasteiger partial charge in [-0.25, -0.2) is 34.4 Å². The van der Waals surface area contributed by atoms with Crippen LogP contribution >= 0.6 is 23.2 Å². The maximum absolute atomic E-state index is 14.8. The summed E-state index contributed by atoms with van der Waals surface area (Å²) in [4.78, 5) is 24.1. The summed E-state index contributed by atoms with van der Waals surface area (Å²) in [5.74, 6) is -5.15. The summed E-state index contributed by atoms with van der Waals surface area (Å²) < 4.78 is 138. The fourth-order valence-corrected chi connectivity index (χ4v) is 12.6. The van der Waals surface area contributed by atoms with Crippen LogP contribution in [-0.2, 0) is 39.1 Å². The van der Waals surface area contributed by atoms with E-state index in [1.165, 1.54) is 88.7 Å². The summed E-state index contributed by atoms with van der Waals surface area (Å²) >= 11 is 11.7. The van der Waals surface area contributed by atoms with Gasteiger partial charge in [-0.1, -0.05) is 59.6 Å². The molecule has 0 unspecified atom stereocenters. The molecule has 0 aliphatic carbocycles. The van der Waals surface area contributed by atoms with Gasteiger partial charge in [0.1, 0.15) is 47.0 Å². The highest BCUT2D eigenvalue weighted by atomic mass is 35.5. The average Bonchev–Trinajstić information content (AvgIpc) is 3.40. The first kappa shape index (κ1) is 57.3. The van der Waals surface area contributed by atoms with Gasteiger partial charge < -0.3 is 29.2 Å². The summed E-state index contributed by atoms with van der Waals surface area (Å²) in [5, 5.41) is 18.8. The van der Waals surface area contributed by atoms with Gasteiger partial charge in [-0.15, -0.1) is 0 Å². The van der Waals surface area contributed by atoms with Crippen LogP contribution in [0.2, 0.25) is 10.0 Å². The van der Waals surface area contributed by atoms with Gasteiger partial charge in [-0.3, -0.25) is 18.2 Å². The molecule has 76 heavy (non-hydrogen) atoms. The Hall–Kier alpha value is -6.42. The highest BCUT2D eigenvalue weighted by Gasteiger charge is 2.44. The number of hydrogen-bond donors (Lipinski definition) is 2. The zero-order valence-electron chi connectivity index (χ0n) is 41.7. The normalized spacial score (nSPS) is 16.9. The van der Waals surface area contributed by atoms with Gasteiger partial charge in [0, 0.05) is 38.2 Å². The third-order valence-electron chi connectivity index (χ3n) is 12.9. The number of ether oxygens (including phenoxy) is 4. The van der Waals surface area contributed by atoms with Crippen molar-refractivity contribution in [1.82, 2.24) is 0 Å². The van der Waals surface area contributed by atoms with Gasteiger partial charge in [0.2, 0.25) is 0 Å². The molecule has 2 aliphatic heterocycles. The minimum atomic E-state index is -4.16. The topological polar surface area (TPSA) is 186 Å². The summed E-state index contributed by atoms with van der Waals surface area (Å²) in [6, 6.07) is 24.9. The number of benzene rings is 6. The average molecular weight is 1130 g/mol. The maximum Gasteiger partial charge on any atom is 0.311 e. The minimum Gasteiger partial charge on any atom is -0.486 e. The lowest BCUT2D eigenvalue weighted by Gasteiger charge is -2.38. The van der Waals surface area contributed by atoms with Crippen LogP contribution in [0.25, 0.3) is 22.3 Å². The Balaban J connectivity index is 0.000000221. The highest BCUT2D eigenvalue weighted by molar-refractivity contribution is 7.93. The van der Waals surface area contributed by atoms with E-state index in [1.807, 2.05) is 0 Å². The van der Waals surface area contributed by atoms with Crippen LogP contribution in [-0.4, -0.2) is 91.7 Å². The number of aryl methyl sites for hydroxylation is 2. The van der Waals surface area contributed by atoms with Crippen LogP contribution in [0.5, 0.6) is 11.5 Å². The lowest BCUT2D eigenvalue weighted by atomic mass is 9.85. The highest BCUT2D eigenvalue weighted by Crippen LogP contribution is 2.45. The largest absolute Gasteiger partial charge is 0.486 e. The molecule has 8 rings (SSSR count). The quantitative estimate of drug-likeness (QED) is 0.0691. The molecule has 4 atom stereocenters. The molecule has 6 aromatic carbocycles. The Morgan fingerprint density at radius 1 is 0.605 bits per heavy atom. The Morgan fingerprint density at radius 2 is 0.974 bits per heavy atom. The molecule has 404 valence electrons. The van der Waals surface area contributed by atoms with Gasteiger partial charge in [-0.05, 0) is 123 Å². The van der Waals surface area contributed by atoms with E-state index < -0.39 is 88.3 Å². The first-order valence-corrected chi connectivity index (χ1v) is 26.9. The second-order valence-corrected chi connectivity index (χ2v) is 23.6. The van der Waals surface area contributed by atoms with Crippen molar-refractivity contribution in [2.75, 3.05) is 49.1 Å². The predicted molar refractivity (Wildman–Crippen MR) is 278 cm³/mol. The zero-order valence-corrected chi connectivity index (χ0v) is 44.9. The number of carboxylic acids is 2. The molecular formula is C54H52Cl2F4N2O12S2. The van der Waals surface area contributed by atoms with Gasteiger partial charge in [0.25, 0.3) is 20.0 Å². The van der Waals surface area contributed by atoms with Crippen LogP contribution in [0.1, 0.15) is 37.8 Å². The minimum absolute atomic E-state index is 0.0207. The number of rotatable bonds is 16. The van der Waals surface area contributed by atoms with E-state index in [1.54, 1.807) is 38.1 Å². The SMILES string of the molecule is COC[C@@](C)(C[C@H]1CN(S(=O)(=O)c2cccc(C)c2)c2cc(-c3cc(F)cc(Cl)c3F)ccc2O1)C(=O)O.COC[C@](C)(C[C@H]1CN(S(=O)(=O)c2cccc(C)c2)c2cc(-c3cc(F)cc(Cl)c3F)ccc2O1)C(=O)O. The second-order valence-electron chi connectivity index (χ2n) is 19.1. The van der Waals surface area contributed by atoms with Crippen molar-refractivity contribution in [3.63, 3.8) is 0 Å². The van der Waals surface area contributed by atoms with Crippen molar-refractivity contribution >= 4 is 66.6 Å². The molecular weight excluding hydrogens is 1080 g/mol. The van der Waals surface area contributed by atoms with Crippen molar-refractivity contribution in [1.29, 1.82) is 0 Å². The number of carboxylic acid groups (broad SMARTS) is 2. The number of hydrogen-bond acceptors (Lipinski definition) is 10. The monoisotopic (exact) mass is 1130 g/mol. The van der Waals surface area contributed by atoms with Crippen LogP contribution in [0, 0.1) is 47.9 Å². The van der Waals surface area contributed by atoms with Crippen LogP contribution in [0.15, 0.2) is 119 Å². The van der Waals surface area contributed by atoms with Crippen molar-refractivity contribution < 1.29 is 73.1 Å². The first-order chi connectivity index (χ1) is 35.7. The molecule has 0 fully saturated rings. The van der Waals surface area contributed by atoms with E-state index in [0.29, 0.717) is 0 Å². The van der Waals surface area contributed by atoms with Gasteiger partial charge in [-0.2, -0.15) is 0 Å². The fraction of sp³-hybridized carbons (Fsp3) is 0.296. The number of halogens is 6. The number of sulfonamides is 2. The Morgan fingerprint density at radius 3 is 1.30 bits per heavy atom. The third kappa shape index (κ3) is 12.1. The third-order valence-corrected chi connectivity index (χ3v) is 17.0. The Labute approximate surface area is 447 Å². The molecule has 2 heterocycles. The Kier molecular flexibility index (Phi) is 17.1. The van der Waals surface area contributed by atoms with E-state index in [0.717, 1.165) is 44.0 Å². The van der Waals surface area contributed by atoms with E-state index in [9.17, 15) is 54.2 Å². The molecule has 6 aromatic rings. The number of aliphatic carboxylic acids is 2. The van der Waals surface area contributed by atoms with Crippen molar-refractivity contribution in [3.05, 3.63) is 154 Å². The molecule has 0 amide bonds. The molecule has 0 radical (unpaired) electrons. The second kappa shape index (κ2) is 22.7. The summed E-state index contributed by atoms with van der Waals surface area (Å²) in [6.45, 7) is 5.85. The van der Waals surface area contributed by atoms with Gasteiger partial charge in [0.05, 0.1) is 68.3 Å². The van der Waals surface area contributed by atoms with Gasteiger partial charge in [0.15, 0.2) is 0 Å². The van der Waals surface area contributed by atoms with Crippen molar-refractivity contribution in [3.8, 4) is 33.8 Å². The molecule has 2 aliphatic rings. The van der Waals surface area contributed by atoms with E-state index in [-0.39, 0.29) is 94.1 Å². The van der Waals surface area contributed by atoms with E-state index in [2.05, 4.69) is 0 Å². The van der Waals surface area contributed by atoms with E-state index in [4.69, 9.17) is 42.1 Å². The maximum atomic E-state index is 14.8. The predicted octanol–water partition coefficient (Wildman–Crippen LogP) is 11.4. The molecule has 14 nitrogen and oxygen atoms in total. The zero-order chi connectivity index (χ0) is 55.7. The van der Waals surface area contributed by atoms with Crippen LogP contribution in [0.3, 0.4) is 0 Å². The molecule has 0 spiro atoms. The molecule has 0 saturated carbocycles. The fourth-order valence-electron chi connectivity index (χ4n) is 9.02. The lowest BCUT2D eigenvalue weighted by molar-refractivity contribution is -0.153. The lowest BCUT2D eigenvalue weighted by Crippen LogP contribution is -2.47. The summed E-state index contributed by atoms with van der Waals surface area (Å²) in [6.07, 6.45) is -1.79. The summed E-state index contributed by atoms with van der Waals surface area (Å²) in [5.41, 5.74) is -0.980. The number of anilines is 2. The van der Waals surface area contributed by atoms with E-state index >= 15 is 0 Å².